The summed E-state index contributed by atoms with van der Waals surface area (Å²) in [6, 6.07) is 3.29. The van der Waals surface area contributed by atoms with Crippen molar-refractivity contribution < 1.29 is 53.4 Å². The van der Waals surface area contributed by atoms with Crippen LogP contribution in [0.3, 0.4) is 0 Å². The van der Waals surface area contributed by atoms with Gasteiger partial charge in [0.1, 0.15) is 5.82 Å². The minimum Gasteiger partial charge on any atom is -0.369 e. The van der Waals surface area contributed by atoms with E-state index in [1.165, 1.54) is 0 Å². The van der Waals surface area contributed by atoms with Gasteiger partial charge in [0.05, 0.1) is 23.3 Å². The van der Waals surface area contributed by atoms with Crippen LogP contribution in [-0.4, -0.2) is 63.6 Å². The third-order valence-electron chi connectivity index (χ3n) is 7.31. The van der Waals surface area contributed by atoms with Crippen LogP contribution in [0.15, 0.2) is 47.4 Å². The molecule has 4 rings (SSSR count). The van der Waals surface area contributed by atoms with E-state index in [2.05, 4.69) is 10.6 Å². The lowest BCUT2D eigenvalue weighted by atomic mass is 9.87. The normalized spacial score (nSPS) is 22.0. The first kappa shape index (κ1) is 31.0. The summed E-state index contributed by atoms with van der Waals surface area (Å²) < 4.78 is 136. The second-order valence-corrected chi connectivity index (χ2v) is 11.8. The Morgan fingerprint density at radius 3 is 2.24 bits per heavy atom. The zero-order chi connectivity index (χ0) is 30.4. The second kappa shape index (κ2) is 11.0. The van der Waals surface area contributed by atoms with E-state index in [4.69, 9.17) is 0 Å². The van der Waals surface area contributed by atoms with Crippen molar-refractivity contribution >= 4 is 21.6 Å². The van der Waals surface area contributed by atoms with E-state index in [-0.39, 0.29) is 30.6 Å². The molecule has 41 heavy (non-hydrogen) atoms. The molecule has 1 fully saturated rings. The lowest BCUT2D eigenvalue weighted by molar-refractivity contribution is -0.376. The van der Waals surface area contributed by atoms with Crippen LogP contribution in [0.1, 0.15) is 24.0 Å². The number of anilines is 1. The molecule has 0 bridgehead atoms. The number of carbonyl (C=O) groups is 1. The van der Waals surface area contributed by atoms with Crippen molar-refractivity contribution in [2.45, 2.75) is 54.2 Å². The number of nitrogens with zero attached hydrogens (tertiary/aromatic N) is 1. The fourth-order valence-corrected chi connectivity index (χ4v) is 6.84. The first-order valence-electron chi connectivity index (χ1n) is 12.4. The highest BCUT2D eigenvalue weighted by molar-refractivity contribution is 7.92. The topological polar surface area (TPSA) is 98.7 Å². The second-order valence-electron chi connectivity index (χ2n) is 9.95. The molecule has 0 aliphatic carbocycles. The maximum atomic E-state index is 13.7. The highest BCUT2D eigenvalue weighted by atomic mass is 32.2. The highest BCUT2D eigenvalue weighted by Crippen LogP contribution is 2.51. The maximum absolute atomic E-state index is 13.7. The smallest absolute Gasteiger partial charge is 0.369 e. The zero-order valence-electron chi connectivity index (χ0n) is 21.1. The largest absolute Gasteiger partial charge is 0.430 e. The molecule has 2 aromatic carbocycles. The van der Waals surface area contributed by atoms with Crippen molar-refractivity contribution in [3.05, 3.63) is 59.4 Å². The summed E-state index contributed by atoms with van der Waals surface area (Å²) in [7, 11) is -4.63. The van der Waals surface area contributed by atoms with Crippen molar-refractivity contribution in [1.82, 2.24) is 10.6 Å². The van der Waals surface area contributed by atoms with Gasteiger partial charge in [-0.2, -0.15) is 26.3 Å². The van der Waals surface area contributed by atoms with Crippen LogP contribution in [0.5, 0.6) is 0 Å². The Hall–Kier alpha value is -2.98. The molecule has 16 heteroatoms. The SMILES string of the molecule is O=C(C[C@@H]1CCc2cc(C(O)(C(F)(F)F)C(F)(F)F)ccc2N1S(=O)(=O)c1ccc(F)cc1)N[C@H]1CNC[C@H]1CF. The van der Waals surface area contributed by atoms with Gasteiger partial charge in [-0.1, -0.05) is 12.1 Å². The van der Waals surface area contributed by atoms with E-state index >= 15 is 0 Å². The summed E-state index contributed by atoms with van der Waals surface area (Å²) >= 11 is 0. The quantitative estimate of drug-likeness (QED) is 0.413. The van der Waals surface area contributed by atoms with Crippen molar-refractivity contribution in [3.8, 4) is 0 Å². The van der Waals surface area contributed by atoms with Crippen LogP contribution in [-0.2, 0) is 26.8 Å². The predicted molar refractivity (Wildman–Crippen MR) is 130 cm³/mol. The van der Waals surface area contributed by atoms with Gasteiger partial charge >= 0.3 is 12.4 Å². The Labute approximate surface area is 229 Å². The Morgan fingerprint density at radius 1 is 1.02 bits per heavy atom. The minimum absolute atomic E-state index is 0.198. The molecule has 0 radical (unpaired) electrons. The number of rotatable bonds is 7. The van der Waals surface area contributed by atoms with Crippen LogP contribution >= 0.6 is 0 Å². The first-order valence-corrected chi connectivity index (χ1v) is 13.8. The number of nitrogens with one attached hydrogen (secondary N) is 2. The maximum Gasteiger partial charge on any atom is 0.430 e. The lowest BCUT2D eigenvalue weighted by Crippen LogP contribution is -2.54. The molecule has 2 aliphatic heterocycles. The number of fused-ring (bicyclic) bond motifs is 1. The van der Waals surface area contributed by atoms with E-state index in [0.717, 1.165) is 24.3 Å². The summed E-state index contributed by atoms with van der Waals surface area (Å²) in [6.07, 6.45) is -13.2. The van der Waals surface area contributed by atoms with E-state index in [9.17, 15) is 53.4 Å². The standard InChI is InChI=1S/C25H25F8N3O4S/c26-11-15-12-34-13-20(15)35-22(37)10-18-5-1-14-9-16(23(38,24(28,29)30)25(31,32)33)2-8-21(14)36(18)41(39,40)19-6-3-17(27)4-7-19/h2-4,6-9,15,18,20,34,38H,1,5,10-13H2,(H,35,37)/t15-,18+,20+/m1/s1. The molecular formula is C25H25F8N3O4S. The molecule has 0 saturated carbocycles. The summed E-state index contributed by atoms with van der Waals surface area (Å²) in [6.45, 7) is -0.131. The molecule has 0 spiro atoms. The number of alkyl halides is 7. The lowest BCUT2D eigenvalue weighted by Gasteiger charge is -2.39. The Morgan fingerprint density at radius 2 is 1.66 bits per heavy atom. The molecule has 2 aliphatic rings. The first-order chi connectivity index (χ1) is 19.0. The number of carbonyl (C=O) groups excluding carboxylic acids is 1. The Balaban J connectivity index is 1.76. The molecule has 2 heterocycles. The van der Waals surface area contributed by atoms with Gasteiger partial charge in [-0.25, -0.2) is 12.8 Å². The molecule has 226 valence electrons. The summed E-state index contributed by atoms with van der Waals surface area (Å²) in [5, 5.41) is 15.4. The van der Waals surface area contributed by atoms with Crippen LogP contribution in [0, 0.1) is 11.7 Å². The molecule has 3 atom stereocenters. The summed E-state index contributed by atoms with van der Waals surface area (Å²) in [5.74, 6) is -1.93. The third kappa shape index (κ3) is 5.73. The van der Waals surface area contributed by atoms with Gasteiger partial charge in [0.25, 0.3) is 15.6 Å². The van der Waals surface area contributed by atoms with Crippen LogP contribution < -0.4 is 14.9 Å². The average Bonchev–Trinajstić information content (AvgIpc) is 3.33. The minimum atomic E-state index is -6.15. The summed E-state index contributed by atoms with van der Waals surface area (Å²) in [5.41, 5.74) is -7.35. The molecule has 1 amide bonds. The van der Waals surface area contributed by atoms with E-state index in [0.29, 0.717) is 29.0 Å². The fraction of sp³-hybridized carbons (Fsp3) is 0.480. The molecule has 2 aromatic rings. The third-order valence-corrected chi connectivity index (χ3v) is 9.19. The van der Waals surface area contributed by atoms with Gasteiger partial charge in [0, 0.05) is 37.0 Å². The van der Waals surface area contributed by atoms with Gasteiger partial charge < -0.3 is 15.7 Å². The van der Waals surface area contributed by atoms with Crippen LogP contribution in [0.25, 0.3) is 0 Å². The molecule has 0 aromatic heterocycles. The molecule has 7 nitrogen and oxygen atoms in total. The van der Waals surface area contributed by atoms with Crippen LogP contribution in [0.2, 0.25) is 0 Å². The Kier molecular flexibility index (Phi) is 8.32. The van der Waals surface area contributed by atoms with Gasteiger partial charge in [-0.3, -0.25) is 13.5 Å². The van der Waals surface area contributed by atoms with Gasteiger partial charge in [-0.05, 0) is 48.7 Å². The van der Waals surface area contributed by atoms with Crippen molar-refractivity contribution in [3.63, 3.8) is 0 Å². The van der Waals surface area contributed by atoms with Gasteiger partial charge in [-0.15, -0.1) is 0 Å². The predicted octanol–water partition coefficient (Wildman–Crippen LogP) is 3.71. The van der Waals surface area contributed by atoms with Crippen LogP contribution in [0.4, 0.5) is 40.8 Å². The number of halogens is 8. The number of hydrogen-bond donors (Lipinski definition) is 3. The Bertz CT molecular complexity index is 1370. The number of aliphatic hydroxyl groups is 1. The average molecular weight is 616 g/mol. The van der Waals surface area contributed by atoms with Gasteiger partial charge in [0.2, 0.25) is 5.91 Å². The van der Waals surface area contributed by atoms with Crippen molar-refractivity contribution in [2.24, 2.45) is 5.92 Å². The van der Waals surface area contributed by atoms with Crippen molar-refractivity contribution in [2.75, 3.05) is 24.1 Å². The number of aryl methyl sites for hydroxylation is 1. The molecule has 0 unspecified atom stereocenters. The molecule has 1 saturated heterocycles. The number of hydrogen-bond acceptors (Lipinski definition) is 5. The van der Waals surface area contributed by atoms with E-state index < -0.39 is 81.3 Å². The molecular weight excluding hydrogens is 590 g/mol. The fourth-order valence-electron chi connectivity index (χ4n) is 5.12. The van der Waals surface area contributed by atoms with Gasteiger partial charge in [0.15, 0.2) is 0 Å². The number of benzene rings is 2. The monoisotopic (exact) mass is 615 g/mol. The molecule has 3 N–H and O–H groups in total. The zero-order valence-corrected chi connectivity index (χ0v) is 21.9. The van der Waals surface area contributed by atoms with E-state index in [1.54, 1.807) is 0 Å². The highest BCUT2D eigenvalue weighted by Gasteiger charge is 2.71. The van der Waals surface area contributed by atoms with E-state index in [1.807, 2.05) is 0 Å². The number of amides is 1. The van der Waals surface area contributed by atoms with Crippen molar-refractivity contribution in [1.29, 1.82) is 0 Å². The number of sulfonamides is 1. The summed E-state index contributed by atoms with van der Waals surface area (Å²) in [4.78, 5) is 12.4.